The van der Waals surface area contributed by atoms with Crippen LogP contribution in [0.2, 0.25) is 10.0 Å². The highest BCUT2D eigenvalue weighted by atomic mass is 35.5. The van der Waals surface area contributed by atoms with Gasteiger partial charge in [0.15, 0.2) is 0 Å². The quantitative estimate of drug-likeness (QED) is 0.246. The van der Waals surface area contributed by atoms with Gasteiger partial charge in [0.1, 0.15) is 18.3 Å². The summed E-state index contributed by atoms with van der Waals surface area (Å²) < 4.78 is 34.5. The number of rotatable bonds is 13. The third-order valence-corrected chi connectivity index (χ3v) is 8.91. The number of anilines is 1. The molecular formula is C31H37Cl2N3O5S. The molecule has 3 aromatic rings. The second kappa shape index (κ2) is 14.8. The molecule has 11 heteroatoms. The molecular weight excluding hydrogens is 597 g/mol. The lowest BCUT2D eigenvalue weighted by molar-refractivity contribution is -0.139. The Bertz CT molecular complexity index is 1480. The lowest BCUT2D eigenvalue weighted by Gasteiger charge is -2.32. The fourth-order valence-electron chi connectivity index (χ4n) is 4.11. The van der Waals surface area contributed by atoms with Crippen LogP contribution < -0.4 is 14.4 Å². The Labute approximate surface area is 258 Å². The van der Waals surface area contributed by atoms with Gasteiger partial charge in [-0.25, -0.2) is 8.42 Å². The summed E-state index contributed by atoms with van der Waals surface area (Å²) in [4.78, 5) is 28.5. The maximum absolute atomic E-state index is 14.0. The van der Waals surface area contributed by atoms with Crippen molar-refractivity contribution in [1.82, 2.24) is 10.2 Å². The van der Waals surface area contributed by atoms with Crippen molar-refractivity contribution < 1.29 is 22.7 Å². The first-order chi connectivity index (χ1) is 19.8. The highest BCUT2D eigenvalue weighted by Gasteiger charge is 2.33. The van der Waals surface area contributed by atoms with Crippen molar-refractivity contribution in [2.75, 3.05) is 24.0 Å². The maximum atomic E-state index is 14.0. The number of hydrogen-bond donors (Lipinski definition) is 1. The van der Waals surface area contributed by atoms with Crippen molar-refractivity contribution in [3.8, 4) is 5.75 Å². The van der Waals surface area contributed by atoms with Crippen LogP contribution in [0.4, 0.5) is 5.69 Å². The molecule has 1 atom stereocenters. The van der Waals surface area contributed by atoms with E-state index in [-0.39, 0.29) is 29.0 Å². The van der Waals surface area contributed by atoms with E-state index < -0.39 is 28.5 Å². The number of sulfonamides is 1. The van der Waals surface area contributed by atoms with Gasteiger partial charge in [-0.2, -0.15) is 0 Å². The number of hydrogen-bond acceptors (Lipinski definition) is 5. The second-order valence-electron chi connectivity index (χ2n) is 10.3. The Morgan fingerprint density at radius 1 is 0.952 bits per heavy atom. The summed E-state index contributed by atoms with van der Waals surface area (Å²) in [5.74, 6) is -0.186. The molecule has 2 amide bonds. The molecule has 3 rings (SSSR count). The summed E-state index contributed by atoms with van der Waals surface area (Å²) in [6.45, 7) is 9.51. The third-order valence-electron chi connectivity index (χ3n) is 6.53. The summed E-state index contributed by atoms with van der Waals surface area (Å²) in [5.41, 5.74) is 1.73. The fraction of sp³-hybridized carbons (Fsp3) is 0.355. The maximum Gasteiger partial charge on any atom is 0.264 e. The summed E-state index contributed by atoms with van der Waals surface area (Å²) in [7, 11) is -4.18. The summed E-state index contributed by atoms with van der Waals surface area (Å²) >= 11 is 12.5. The van der Waals surface area contributed by atoms with Gasteiger partial charge in [0.05, 0.1) is 17.2 Å². The predicted molar refractivity (Wildman–Crippen MR) is 168 cm³/mol. The average molecular weight is 635 g/mol. The SMILES string of the molecule is CCOc1ccc(N(CC(=O)N(Cc2ccc(Cl)cc2Cl)C(C)C(=O)NCC(C)C)S(=O)(=O)c2ccc(C)cc2)cc1. The first kappa shape index (κ1) is 33.2. The molecule has 0 radical (unpaired) electrons. The van der Waals surface area contributed by atoms with Crippen molar-refractivity contribution in [3.63, 3.8) is 0 Å². The Kier molecular flexibility index (Phi) is 11.7. The summed E-state index contributed by atoms with van der Waals surface area (Å²) in [5, 5.41) is 3.61. The predicted octanol–water partition coefficient (Wildman–Crippen LogP) is 6.09. The molecule has 0 saturated heterocycles. The molecule has 0 bridgehead atoms. The first-order valence-electron chi connectivity index (χ1n) is 13.7. The largest absolute Gasteiger partial charge is 0.494 e. The molecule has 0 aliphatic heterocycles. The van der Waals surface area contributed by atoms with Gasteiger partial charge in [-0.05, 0) is 80.8 Å². The minimum absolute atomic E-state index is 0.0322. The van der Waals surface area contributed by atoms with Crippen LogP contribution in [-0.4, -0.2) is 50.9 Å². The van der Waals surface area contributed by atoms with Crippen molar-refractivity contribution >= 4 is 50.7 Å². The van der Waals surface area contributed by atoms with E-state index in [0.717, 1.165) is 9.87 Å². The molecule has 0 aromatic heterocycles. The smallest absolute Gasteiger partial charge is 0.264 e. The number of aryl methyl sites for hydroxylation is 1. The Balaban J connectivity index is 2.04. The van der Waals surface area contributed by atoms with Crippen LogP contribution in [0.25, 0.3) is 0 Å². The van der Waals surface area contributed by atoms with Crippen LogP contribution in [0.5, 0.6) is 5.75 Å². The molecule has 3 aromatic carbocycles. The van der Waals surface area contributed by atoms with Crippen LogP contribution in [-0.2, 0) is 26.2 Å². The number of nitrogens with one attached hydrogen (secondary N) is 1. The van der Waals surface area contributed by atoms with Gasteiger partial charge in [0.2, 0.25) is 11.8 Å². The van der Waals surface area contributed by atoms with Crippen LogP contribution in [0, 0.1) is 12.8 Å². The average Bonchev–Trinajstić information content (AvgIpc) is 2.94. The Morgan fingerprint density at radius 2 is 1.60 bits per heavy atom. The molecule has 1 N–H and O–H groups in total. The molecule has 0 heterocycles. The monoisotopic (exact) mass is 633 g/mol. The minimum Gasteiger partial charge on any atom is -0.494 e. The van der Waals surface area contributed by atoms with E-state index in [1.807, 2.05) is 27.7 Å². The van der Waals surface area contributed by atoms with E-state index in [0.29, 0.717) is 34.5 Å². The normalized spacial score (nSPS) is 12.1. The van der Waals surface area contributed by atoms with Crippen molar-refractivity contribution in [3.05, 3.63) is 87.9 Å². The highest BCUT2D eigenvalue weighted by molar-refractivity contribution is 7.92. The molecule has 0 fully saturated rings. The van der Waals surface area contributed by atoms with E-state index in [9.17, 15) is 18.0 Å². The van der Waals surface area contributed by atoms with Crippen molar-refractivity contribution in [2.45, 2.75) is 52.1 Å². The van der Waals surface area contributed by atoms with Gasteiger partial charge in [0.25, 0.3) is 10.0 Å². The Morgan fingerprint density at radius 3 is 2.17 bits per heavy atom. The minimum atomic E-state index is -4.18. The van der Waals surface area contributed by atoms with Gasteiger partial charge in [0, 0.05) is 23.1 Å². The number of carbonyl (C=O) groups is 2. The molecule has 8 nitrogen and oxygen atoms in total. The number of nitrogens with zero attached hydrogens (tertiary/aromatic N) is 2. The number of halogens is 2. The van der Waals surface area contributed by atoms with Crippen LogP contribution in [0.1, 0.15) is 38.8 Å². The zero-order valence-electron chi connectivity index (χ0n) is 24.4. The lowest BCUT2D eigenvalue weighted by Crippen LogP contribution is -2.51. The van der Waals surface area contributed by atoms with Gasteiger partial charge in [-0.1, -0.05) is 60.8 Å². The molecule has 0 spiro atoms. The van der Waals surface area contributed by atoms with Crippen LogP contribution >= 0.6 is 23.2 Å². The summed E-state index contributed by atoms with van der Waals surface area (Å²) in [6, 6.07) is 16.8. The Hall–Kier alpha value is -3.27. The van der Waals surface area contributed by atoms with Gasteiger partial charge in [-0.15, -0.1) is 0 Å². The molecule has 226 valence electrons. The van der Waals surface area contributed by atoms with Crippen molar-refractivity contribution in [2.24, 2.45) is 5.92 Å². The van der Waals surface area contributed by atoms with Crippen LogP contribution in [0.3, 0.4) is 0 Å². The molecule has 1 unspecified atom stereocenters. The van der Waals surface area contributed by atoms with Crippen molar-refractivity contribution in [1.29, 1.82) is 0 Å². The zero-order chi connectivity index (χ0) is 31.0. The van der Waals surface area contributed by atoms with Gasteiger partial charge < -0.3 is 15.0 Å². The topological polar surface area (TPSA) is 96.0 Å². The number of carbonyl (C=O) groups excluding carboxylic acids is 2. The number of benzene rings is 3. The van der Waals surface area contributed by atoms with Gasteiger partial charge in [-0.3, -0.25) is 13.9 Å². The van der Waals surface area contributed by atoms with E-state index >= 15 is 0 Å². The first-order valence-corrected chi connectivity index (χ1v) is 15.9. The molecule has 0 aliphatic carbocycles. The van der Waals surface area contributed by atoms with E-state index in [2.05, 4.69) is 5.32 Å². The molecule has 42 heavy (non-hydrogen) atoms. The summed E-state index contributed by atoms with van der Waals surface area (Å²) in [6.07, 6.45) is 0. The van der Waals surface area contributed by atoms with Gasteiger partial charge >= 0.3 is 0 Å². The standard InChI is InChI=1S/C31H37Cl2N3O5S/c1-6-41-27-13-11-26(12-14-27)36(42(39,40)28-15-7-22(4)8-16-28)20-30(37)35(23(5)31(38)34-18-21(2)3)19-24-9-10-25(32)17-29(24)33/h7-17,21,23H,6,18-20H2,1-5H3,(H,34,38). The third kappa shape index (κ3) is 8.63. The fourth-order valence-corrected chi connectivity index (χ4v) is 5.99. The van der Waals surface area contributed by atoms with E-state index in [4.69, 9.17) is 27.9 Å². The highest BCUT2D eigenvalue weighted by Crippen LogP contribution is 2.28. The second-order valence-corrected chi connectivity index (χ2v) is 13.0. The molecule has 0 aliphatic rings. The number of amides is 2. The van der Waals surface area contributed by atoms with E-state index in [1.54, 1.807) is 61.5 Å². The lowest BCUT2D eigenvalue weighted by atomic mass is 10.1. The molecule has 0 saturated carbocycles. The van der Waals surface area contributed by atoms with Crippen LogP contribution in [0.15, 0.2) is 71.6 Å². The number of ether oxygens (including phenoxy) is 1. The van der Waals surface area contributed by atoms with E-state index in [1.165, 1.54) is 17.0 Å². The zero-order valence-corrected chi connectivity index (χ0v) is 26.8.